The van der Waals surface area contributed by atoms with Crippen LogP contribution in [0.2, 0.25) is 0 Å². The number of thioether (sulfide) groups is 1. The first-order valence-electron chi connectivity index (χ1n) is 6.52. The zero-order valence-corrected chi connectivity index (χ0v) is 12.2. The Balaban J connectivity index is 2.04. The molecule has 1 heterocycles. The van der Waals surface area contributed by atoms with Gasteiger partial charge < -0.3 is 0 Å². The average Bonchev–Trinajstić information content (AvgIpc) is 2.84. The van der Waals surface area contributed by atoms with Crippen molar-refractivity contribution in [2.75, 3.05) is 10.7 Å². The van der Waals surface area contributed by atoms with Gasteiger partial charge in [-0.15, -0.1) is 11.8 Å². The highest BCUT2D eigenvalue weighted by molar-refractivity contribution is 8.00. The molecular formula is C16H13F2NOS. The van der Waals surface area contributed by atoms with E-state index in [0.29, 0.717) is 16.8 Å². The highest BCUT2D eigenvalue weighted by Crippen LogP contribution is 2.42. The average molecular weight is 305 g/mol. The lowest BCUT2D eigenvalue weighted by Crippen LogP contribution is -2.28. The number of benzene rings is 2. The summed E-state index contributed by atoms with van der Waals surface area (Å²) in [6.07, 6.45) is 0. The molecule has 1 unspecified atom stereocenters. The minimum absolute atomic E-state index is 0.142. The van der Waals surface area contributed by atoms with Crippen molar-refractivity contribution in [2.24, 2.45) is 0 Å². The number of nitrogens with zero attached hydrogens (tertiary/aromatic N) is 1. The first kappa shape index (κ1) is 14.1. The number of rotatable bonds is 2. The molecule has 0 N–H and O–H groups in total. The third-order valence-electron chi connectivity index (χ3n) is 3.47. The normalized spacial score (nSPS) is 18.3. The van der Waals surface area contributed by atoms with Gasteiger partial charge in [0.25, 0.3) is 0 Å². The van der Waals surface area contributed by atoms with Gasteiger partial charge in [-0.2, -0.15) is 0 Å². The van der Waals surface area contributed by atoms with Crippen LogP contribution in [0.5, 0.6) is 0 Å². The molecule has 0 spiro atoms. The third kappa shape index (κ3) is 2.53. The van der Waals surface area contributed by atoms with Gasteiger partial charge in [-0.3, -0.25) is 9.69 Å². The molecule has 1 aliphatic rings. The molecule has 1 aliphatic heterocycles. The van der Waals surface area contributed by atoms with Crippen LogP contribution < -0.4 is 4.90 Å². The standard InChI is InChI=1S/C16H13F2NOS/c1-10-6-7-11(8-14(10)18)19-15(20)9-21-16(19)12-4-2-3-5-13(12)17/h2-8,16H,9H2,1H3. The lowest BCUT2D eigenvalue weighted by atomic mass is 10.1. The minimum atomic E-state index is -0.458. The number of amides is 1. The van der Waals surface area contributed by atoms with Crippen molar-refractivity contribution in [2.45, 2.75) is 12.3 Å². The van der Waals surface area contributed by atoms with Gasteiger partial charge in [-0.1, -0.05) is 24.3 Å². The number of carbonyl (C=O) groups excluding carboxylic acids is 1. The van der Waals surface area contributed by atoms with Crippen LogP contribution in [0.15, 0.2) is 42.5 Å². The Bertz CT molecular complexity index is 704. The Morgan fingerprint density at radius 1 is 1.14 bits per heavy atom. The Kier molecular flexibility index (Phi) is 3.68. The van der Waals surface area contributed by atoms with E-state index in [9.17, 15) is 13.6 Å². The second-order valence-electron chi connectivity index (χ2n) is 4.88. The second kappa shape index (κ2) is 5.48. The first-order chi connectivity index (χ1) is 10.1. The van der Waals surface area contributed by atoms with E-state index in [2.05, 4.69) is 0 Å². The smallest absolute Gasteiger partial charge is 0.238 e. The van der Waals surface area contributed by atoms with E-state index >= 15 is 0 Å². The Hall–Kier alpha value is -1.88. The molecule has 3 rings (SSSR count). The zero-order valence-electron chi connectivity index (χ0n) is 11.3. The quantitative estimate of drug-likeness (QED) is 0.834. The first-order valence-corrected chi connectivity index (χ1v) is 7.57. The minimum Gasteiger partial charge on any atom is -0.295 e. The molecule has 1 fully saturated rings. The summed E-state index contributed by atoms with van der Waals surface area (Å²) in [6, 6.07) is 11.0. The summed E-state index contributed by atoms with van der Waals surface area (Å²) in [5.74, 6) is -0.614. The Labute approximate surface area is 125 Å². The summed E-state index contributed by atoms with van der Waals surface area (Å²) in [4.78, 5) is 13.6. The second-order valence-corrected chi connectivity index (χ2v) is 5.95. The van der Waals surface area contributed by atoms with Crippen LogP contribution in [0, 0.1) is 18.6 Å². The van der Waals surface area contributed by atoms with Crippen LogP contribution in [0.25, 0.3) is 0 Å². The van der Waals surface area contributed by atoms with E-state index in [1.807, 2.05) is 0 Å². The summed E-state index contributed by atoms with van der Waals surface area (Å²) in [6.45, 7) is 1.66. The molecule has 2 aromatic rings. The molecular weight excluding hydrogens is 292 g/mol. The molecule has 0 saturated carbocycles. The van der Waals surface area contributed by atoms with Crippen LogP contribution in [0.4, 0.5) is 14.5 Å². The highest BCUT2D eigenvalue weighted by atomic mass is 32.2. The van der Waals surface area contributed by atoms with Gasteiger partial charge in [-0.05, 0) is 30.7 Å². The van der Waals surface area contributed by atoms with Gasteiger partial charge in [0.15, 0.2) is 0 Å². The summed E-state index contributed by atoms with van der Waals surface area (Å²) in [7, 11) is 0. The number of aryl methyl sites for hydroxylation is 1. The molecule has 0 aromatic heterocycles. The van der Waals surface area contributed by atoms with Gasteiger partial charge in [0, 0.05) is 11.3 Å². The molecule has 2 aromatic carbocycles. The fourth-order valence-electron chi connectivity index (χ4n) is 2.34. The predicted molar refractivity (Wildman–Crippen MR) is 80.2 cm³/mol. The van der Waals surface area contributed by atoms with Gasteiger partial charge in [0.2, 0.25) is 5.91 Å². The summed E-state index contributed by atoms with van der Waals surface area (Å²) < 4.78 is 27.7. The maximum absolute atomic E-state index is 14.0. The summed E-state index contributed by atoms with van der Waals surface area (Å²) in [5, 5.41) is -0.458. The summed E-state index contributed by atoms with van der Waals surface area (Å²) in [5.41, 5.74) is 1.41. The molecule has 0 radical (unpaired) electrons. The number of carbonyl (C=O) groups is 1. The fourth-order valence-corrected chi connectivity index (χ4v) is 3.54. The molecule has 1 atom stereocenters. The lowest BCUT2D eigenvalue weighted by molar-refractivity contribution is -0.115. The van der Waals surface area contributed by atoms with E-state index in [0.717, 1.165) is 0 Å². The number of anilines is 1. The monoisotopic (exact) mass is 305 g/mol. The van der Waals surface area contributed by atoms with E-state index in [1.54, 1.807) is 37.3 Å². The van der Waals surface area contributed by atoms with Crippen molar-refractivity contribution in [3.05, 3.63) is 65.2 Å². The number of hydrogen-bond acceptors (Lipinski definition) is 2. The maximum Gasteiger partial charge on any atom is 0.238 e. The summed E-state index contributed by atoms with van der Waals surface area (Å²) >= 11 is 1.34. The van der Waals surface area contributed by atoms with Crippen LogP contribution in [-0.2, 0) is 4.79 Å². The molecule has 0 bridgehead atoms. The lowest BCUT2D eigenvalue weighted by Gasteiger charge is -2.24. The number of hydrogen-bond donors (Lipinski definition) is 0. The van der Waals surface area contributed by atoms with Crippen LogP contribution in [-0.4, -0.2) is 11.7 Å². The van der Waals surface area contributed by atoms with Crippen LogP contribution >= 0.6 is 11.8 Å². The van der Waals surface area contributed by atoms with Crippen molar-refractivity contribution in [1.82, 2.24) is 0 Å². The van der Waals surface area contributed by atoms with E-state index < -0.39 is 5.37 Å². The van der Waals surface area contributed by atoms with Crippen molar-refractivity contribution in [1.29, 1.82) is 0 Å². The van der Waals surface area contributed by atoms with Crippen LogP contribution in [0.1, 0.15) is 16.5 Å². The Morgan fingerprint density at radius 3 is 2.62 bits per heavy atom. The number of halogens is 2. The molecule has 1 saturated heterocycles. The molecule has 108 valence electrons. The van der Waals surface area contributed by atoms with Gasteiger partial charge in [0.1, 0.15) is 17.0 Å². The van der Waals surface area contributed by atoms with E-state index in [-0.39, 0.29) is 23.3 Å². The predicted octanol–water partition coefficient (Wildman–Crippen LogP) is 4.05. The fraction of sp³-hybridized carbons (Fsp3) is 0.188. The molecule has 1 amide bonds. The highest BCUT2D eigenvalue weighted by Gasteiger charge is 2.35. The van der Waals surface area contributed by atoms with Crippen molar-refractivity contribution >= 4 is 23.4 Å². The molecule has 5 heteroatoms. The van der Waals surface area contributed by atoms with Gasteiger partial charge >= 0.3 is 0 Å². The Morgan fingerprint density at radius 2 is 1.90 bits per heavy atom. The third-order valence-corrected chi connectivity index (χ3v) is 4.67. The van der Waals surface area contributed by atoms with Crippen LogP contribution in [0.3, 0.4) is 0 Å². The van der Waals surface area contributed by atoms with E-state index in [1.165, 1.54) is 28.8 Å². The maximum atomic E-state index is 14.0. The SMILES string of the molecule is Cc1ccc(N2C(=O)CSC2c2ccccc2F)cc1F. The molecule has 21 heavy (non-hydrogen) atoms. The van der Waals surface area contributed by atoms with E-state index in [4.69, 9.17) is 0 Å². The topological polar surface area (TPSA) is 20.3 Å². The van der Waals surface area contributed by atoms with Crippen molar-refractivity contribution in [3.63, 3.8) is 0 Å². The zero-order chi connectivity index (χ0) is 15.0. The molecule has 0 aliphatic carbocycles. The molecule has 2 nitrogen and oxygen atoms in total. The van der Waals surface area contributed by atoms with Crippen molar-refractivity contribution in [3.8, 4) is 0 Å². The van der Waals surface area contributed by atoms with Crippen molar-refractivity contribution < 1.29 is 13.6 Å². The van der Waals surface area contributed by atoms with Gasteiger partial charge in [-0.25, -0.2) is 8.78 Å². The van der Waals surface area contributed by atoms with Gasteiger partial charge in [0.05, 0.1) is 5.75 Å². The largest absolute Gasteiger partial charge is 0.295 e.